The smallest absolute Gasteiger partial charge is 0.191 e. The third kappa shape index (κ3) is 5.15. The van der Waals surface area contributed by atoms with Crippen molar-refractivity contribution < 1.29 is 0 Å². The molecule has 0 saturated carbocycles. The molecule has 2 N–H and O–H groups in total. The first-order chi connectivity index (χ1) is 8.52. The lowest BCUT2D eigenvalue weighted by Crippen LogP contribution is -2.41. The maximum Gasteiger partial charge on any atom is 0.191 e. The molecule has 0 unspecified atom stereocenters. The Balaban J connectivity index is 2.46. The van der Waals surface area contributed by atoms with E-state index >= 15 is 0 Å². The van der Waals surface area contributed by atoms with Gasteiger partial charge in [-0.25, -0.2) is 0 Å². The van der Waals surface area contributed by atoms with E-state index in [1.807, 2.05) is 12.1 Å². The molecule has 1 rings (SSSR count). The van der Waals surface area contributed by atoms with Crippen molar-refractivity contribution in [3.05, 3.63) is 33.8 Å². The highest BCUT2D eigenvalue weighted by atomic mass is 35.5. The molecule has 0 aromatic heterocycles. The van der Waals surface area contributed by atoms with Crippen molar-refractivity contribution in [1.82, 2.24) is 10.6 Å². The van der Waals surface area contributed by atoms with E-state index in [0.29, 0.717) is 16.1 Å². The number of rotatable bonds is 4. The number of halogens is 2. The monoisotopic (exact) mass is 287 g/mol. The third-order valence-electron chi connectivity index (χ3n) is 2.35. The fraction of sp³-hybridized carbons (Fsp3) is 0.462. The van der Waals surface area contributed by atoms with Crippen LogP contribution in [0.25, 0.3) is 0 Å². The second-order valence-electron chi connectivity index (χ2n) is 4.28. The van der Waals surface area contributed by atoms with Crippen LogP contribution in [0.3, 0.4) is 0 Å². The maximum atomic E-state index is 6.10. The van der Waals surface area contributed by atoms with Gasteiger partial charge >= 0.3 is 0 Å². The highest BCUT2D eigenvalue weighted by Crippen LogP contribution is 2.20. The Morgan fingerprint density at radius 3 is 2.61 bits per heavy atom. The molecule has 1 aromatic carbocycles. The molecule has 18 heavy (non-hydrogen) atoms. The number of benzene rings is 1. The number of hydrogen-bond donors (Lipinski definition) is 2. The van der Waals surface area contributed by atoms with Gasteiger partial charge in [0.15, 0.2) is 5.96 Å². The standard InChI is InChI=1S/C13H19Cl2N3/c1-9(2)18-13(16-3)17-7-6-10-4-5-11(14)8-12(10)15/h4-5,8-9H,6-7H2,1-3H3,(H2,16,17,18). The first-order valence-electron chi connectivity index (χ1n) is 5.94. The average Bonchev–Trinajstić information content (AvgIpc) is 2.30. The summed E-state index contributed by atoms with van der Waals surface area (Å²) in [6.07, 6.45) is 0.828. The Labute approximate surface area is 119 Å². The summed E-state index contributed by atoms with van der Waals surface area (Å²) < 4.78 is 0. The molecule has 0 spiro atoms. The summed E-state index contributed by atoms with van der Waals surface area (Å²) in [5.74, 6) is 0.801. The van der Waals surface area contributed by atoms with Crippen LogP contribution in [0.4, 0.5) is 0 Å². The van der Waals surface area contributed by atoms with Crippen molar-refractivity contribution in [3.8, 4) is 0 Å². The van der Waals surface area contributed by atoms with Crippen LogP contribution in [0, 0.1) is 0 Å². The molecule has 100 valence electrons. The van der Waals surface area contributed by atoms with Crippen molar-refractivity contribution >= 4 is 29.2 Å². The quantitative estimate of drug-likeness (QED) is 0.659. The third-order valence-corrected chi connectivity index (χ3v) is 2.94. The second kappa shape index (κ2) is 7.49. The number of guanidine groups is 1. The zero-order valence-electron chi connectivity index (χ0n) is 10.9. The van der Waals surface area contributed by atoms with Gasteiger partial charge in [-0.05, 0) is 38.0 Å². The van der Waals surface area contributed by atoms with Crippen LogP contribution >= 0.6 is 23.2 Å². The Kier molecular flexibility index (Phi) is 6.30. The van der Waals surface area contributed by atoms with Gasteiger partial charge in [-0.1, -0.05) is 29.3 Å². The summed E-state index contributed by atoms with van der Waals surface area (Å²) in [6.45, 7) is 4.92. The van der Waals surface area contributed by atoms with Gasteiger partial charge in [-0.15, -0.1) is 0 Å². The molecule has 0 aliphatic rings. The fourth-order valence-corrected chi connectivity index (χ4v) is 2.01. The van der Waals surface area contributed by atoms with Crippen molar-refractivity contribution in [2.24, 2.45) is 4.99 Å². The van der Waals surface area contributed by atoms with Crippen LogP contribution in [0.2, 0.25) is 10.0 Å². The van der Waals surface area contributed by atoms with E-state index in [0.717, 1.165) is 24.5 Å². The maximum absolute atomic E-state index is 6.10. The average molecular weight is 288 g/mol. The normalized spacial score (nSPS) is 11.8. The lowest BCUT2D eigenvalue weighted by molar-refractivity contribution is 0.698. The highest BCUT2D eigenvalue weighted by molar-refractivity contribution is 6.35. The summed E-state index contributed by atoms with van der Waals surface area (Å²) in [6, 6.07) is 5.92. The molecule has 0 amide bonds. The zero-order valence-corrected chi connectivity index (χ0v) is 12.4. The molecule has 0 bridgehead atoms. The van der Waals surface area contributed by atoms with E-state index in [2.05, 4.69) is 29.5 Å². The van der Waals surface area contributed by atoms with Gasteiger partial charge < -0.3 is 10.6 Å². The Hall–Kier alpha value is -0.930. The number of nitrogens with one attached hydrogen (secondary N) is 2. The summed E-state index contributed by atoms with van der Waals surface area (Å²) in [5, 5.41) is 7.83. The van der Waals surface area contributed by atoms with Crippen LogP contribution in [-0.4, -0.2) is 25.6 Å². The molecule has 0 aliphatic carbocycles. The molecule has 0 saturated heterocycles. The lowest BCUT2D eigenvalue weighted by Gasteiger charge is -2.14. The SMILES string of the molecule is CN=C(NCCc1ccc(Cl)cc1Cl)NC(C)C. The van der Waals surface area contributed by atoms with Crippen molar-refractivity contribution in [1.29, 1.82) is 0 Å². The molecular formula is C13H19Cl2N3. The summed E-state index contributed by atoms with van der Waals surface area (Å²) in [5.41, 5.74) is 1.08. The second-order valence-corrected chi connectivity index (χ2v) is 5.13. The molecule has 3 nitrogen and oxygen atoms in total. The van der Waals surface area contributed by atoms with Crippen LogP contribution in [0.5, 0.6) is 0 Å². The van der Waals surface area contributed by atoms with Crippen LogP contribution in [-0.2, 0) is 6.42 Å². The lowest BCUT2D eigenvalue weighted by atomic mass is 10.1. The largest absolute Gasteiger partial charge is 0.356 e. The number of aliphatic imine (C=N–C) groups is 1. The van der Waals surface area contributed by atoms with Crippen molar-refractivity contribution in [2.75, 3.05) is 13.6 Å². The molecule has 0 fully saturated rings. The molecule has 0 radical (unpaired) electrons. The number of nitrogens with zero attached hydrogens (tertiary/aromatic N) is 1. The van der Waals surface area contributed by atoms with Gasteiger partial charge in [-0.3, -0.25) is 4.99 Å². The predicted octanol–water partition coefficient (Wildman–Crippen LogP) is 3.11. The van der Waals surface area contributed by atoms with E-state index in [1.54, 1.807) is 13.1 Å². The first-order valence-corrected chi connectivity index (χ1v) is 6.69. The molecular weight excluding hydrogens is 269 g/mol. The van der Waals surface area contributed by atoms with E-state index in [4.69, 9.17) is 23.2 Å². The minimum Gasteiger partial charge on any atom is -0.356 e. The number of hydrogen-bond acceptors (Lipinski definition) is 1. The van der Waals surface area contributed by atoms with E-state index < -0.39 is 0 Å². The predicted molar refractivity (Wildman–Crippen MR) is 79.8 cm³/mol. The van der Waals surface area contributed by atoms with Crippen LogP contribution < -0.4 is 10.6 Å². The van der Waals surface area contributed by atoms with E-state index in [1.165, 1.54) is 0 Å². The van der Waals surface area contributed by atoms with Crippen molar-refractivity contribution in [2.45, 2.75) is 26.3 Å². The zero-order chi connectivity index (χ0) is 13.5. The fourth-order valence-electron chi connectivity index (χ4n) is 1.51. The van der Waals surface area contributed by atoms with Crippen molar-refractivity contribution in [3.63, 3.8) is 0 Å². The van der Waals surface area contributed by atoms with E-state index in [9.17, 15) is 0 Å². The molecule has 0 heterocycles. The topological polar surface area (TPSA) is 36.4 Å². The summed E-state index contributed by atoms with van der Waals surface area (Å²) in [7, 11) is 1.76. The van der Waals surface area contributed by atoms with Gasteiger partial charge in [0, 0.05) is 29.7 Å². The van der Waals surface area contributed by atoms with Gasteiger partial charge in [0.05, 0.1) is 0 Å². The van der Waals surface area contributed by atoms with E-state index in [-0.39, 0.29) is 0 Å². The van der Waals surface area contributed by atoms with Crippen LogP contribution in [0.15, 0.2) is 23.2 Å². The van der Waals surface area contributed by atoms with Gasteiger partial charge in [0.25, 0.3) is 0 Å². The minimum absolute atomic E-state index is 0.357. The molecule has 5 heteroatoms. The highest BCUT2D eigenvalue weighted by Gasteiger charge is 2.03. The first kappa shape index (κ1) is 15.1. The Morgan fingerprint density at radius 2 is 2.06 bits per heavy atom. The van der Waals surface area contributed by atoms with Gasteiger partial charge in [0.2, 0.25) is 0 Å². The Morgan fingerprint density at radius 1 is 1.33 bits per heavy atom. The molecule has 1 aromatic rings. The van der Waals surface area contributed by atoms with Gasteiger partial charge in [0.1, 0.15) is 0 Å². The minimum atomic E-state index is 0.357. The van der Waals surface area contributed by atoms with Crippen LogP contribution in [0.1, 0.15) is 19.4 Å². The van der Waals surface area contributed by atoms with Gasteiger partial charge in [-0.2, -0.15) is 0 Å². The summed E-state index contributed by atoms with van der Waals surface area (Å²) >= 11 is 12.0. The molecule has 0 aliphatic heterocycles. The molecule has 0 atom stereocenters. The Bertz CT molecular complexity index is 417. The summed E-state index contributed by atoms with van der Waals surface area (Å²) in [4.78, 5) is 4.14.